The number of hydrogen-bond acceptors (Lipinski definition) is 4. The molecule has 1 aromatic heterocycles. The molecule has 0 saturated heterocycles. The van der Waals surface area contributed by atoms with Gasteiger partial charge in [-0.25, -0.2) is 14.4 Å². The van der Waals surface area contributed by atoms with Crippen molar-refractivity contribution in [3.8, 4) is 0 Å². The van der Waals surface area contributed by atoms with Crippen LogP contribution < -0.4 is 11.1 Å². The second-order valence-corrected chi connectivity index (χ2v) is 4.82. The zero-order valence-electron chi connectivity index (χ0n) is 10.6. The molecule has 0 radical (unpaired) electrons. The lowest BCUT2D eigenvalue weighted by Crippen LogP contribution is -2.05. The van der Waals surface area contributed by atoms with E-state index in [2.05, 4.69) is 15.3 Å². The Morgan fingerprint density at radius 1 is 1.32 bits per heavy atom. The molecule has 1 aromatic carbocycles. The summed E-state index contributed by atoms with van der Waals surface area (Å²) in [6, 6.07) is 6.26. The minimum absolute atomic E-state index is 0.0520. The van der Waals surface area contributed by atoms with E-state index in [1.807, 2.05) is 13.8 Å². The highest BCUT2D eigenvalue weighted by Gasteiger charge is 2.10. The van der Waals surface area contributed by atoms with Crippen molar-refractivity contribution in [1.82, 2.24) is 9.97 Å². The van der Waals surface area contributed by atoms with Crippen LogP contribution in [0.5, 0.6) is 0 Å². The molecule has 0 atom stereocenters. The maximum Gasteiger partial charge on any atom is 0.165 e. The van der Waals surface area contributed by atoms with Gasteiger partial charge in [-0.05, 0) is 12.1 Å². The fourth-order valence-electron chi connectivity index (χ4n) is 1.55. The third-order valence-electron chi connectivity index (χ3n) is 2.49. The zero-order valence-corrected chi connectivity index (χ0v) is 11.4. The first-order valence-corrected chi connectivity index (χ1v) is 6.20. The highest BCUT2D eigenvalue weighted by atomic mass is 35.5. The van der Waals surface area contributed by atoms with Crippen LogP contribution in [0, 0.1) is 5.82 Å². The highest BCUT2D eigenvalue weighted by molar-refractivity contribution is 6.31. The van der Waals surface area contributed by atoms with Crippen LogP contribution in [0.2, 0.25) is 5.02 Å². The molecule has 4 nitrogen and oxygen atoms in total. The van der Waals surface area contributed by atoms with Gasteiger partial charge in [-0.2, -0.15) is 0 Å². The van der Waals surface area contributed by atoms with E-state index in [-0.39, 0.29) is 16.6 Å². The average Bonchev–Trinajstić information content (AvgIpc) is 2.34. The minimum atomic E-state index is -0.521. The molecule has 0 aliphatic carbocycles. The van der Waals surface area contributed by atoms with Crippen LogP contribution in [0.3, 0.4) is 0 Å². The van der Waals surface area contributed by atoms with Crippen LogP contribution in [0.25, 0.3) is 0 Å². The van der Waals surface area contributed by atoms with Crippen LogP contribution in [0.15, 0.2) is 24.3 Å². The van der Waals surface area contributed by atoms with Gasteiger partial charge in [0.25, 0.3) is 0 Å². The van der Waals surface area contributed by atoms with Gasteiger partial charge in [-0.15, -0.1) is 0 Å². The molecule has 2 rings (SSSR count). The molecule has 2 aromatic rings. The van der Waals surface area contributed by atoms with Gasteiger partial charge >= 0.3 is 0 Å². The summed E-state index contributed by atoms with van der Waals surface area (Å²) < 4.78 is 13.8. The average molecular weight is 281 g/mol. The quantitative estimate of drug-likeness (QED) is 0.899. The van der Waals surface area contributed by atoms with Crippen LogP contribution in [-0.2, 0) is 0 Å². The van der Waals surface area contributed by atoms with E-state index >= 15 is 0 Å². The lowest BCUT2D eigenvalue weighted by molar-refractivity contribution is 0.632. The molecule has 0 saturated carbocycles. The number of benzene rings is 1. The Hall–Kier alpha value is -1.88. The monoisotopic (exact) mass is 280 g/mol. The molecule has 0 bridgehead atoms. The molecule has 0 fully saturated rings. The van der Waals surface area contributed by atoms with Gasteiger partial charge in [-0.3, -0.25) is 0 Å². The van der Waals surface area contributed by atoms with E-state index in [4.69, 9.17) is 17.3 Å². The molecule has 0 unspecified atom stereocenters. The summed E-state index contributed by atoms with van der Waals surface area (Å²) in [5, 5.41) is 2.91. The second kappa shape index (κ2) is 5.40. The smallest absolute Gasteiger partial charge is 0.165 e. The molecule has 19 heavy (non-hydrogen) atoms. The van der Waals surface area contributed by atoms with Crippen LogP contribution in [0.4, 0.5) is 21.7 Å². The number of rotatable bonds is 3. The molecular weight excluding hydrogens is 267 g/mol. The number of nitrogens with two attached hydrogens (primary N) is 1. The van der Waals surface area contributed by atoms with Crippen molar-refractivity contribution >= 4 is 28.9 Å². The maximum absolute atomic E-state index is 13.8. The Balaban J connectivity index is 2.35. The normalized spacial score (nSPS) is 10.8. The summed E-state index contributed by atoms with van der Waals surface area (Å²) in [4.78, 5) is 8.41. The Morgan fingerprint density at radius 2 is 2.05 bits per heavy atom. The van der Waals surface area contributed by atoms with Gasteiger partial charge < -0.3 is 11.1 Å². The Bertz CT molecular complexity index is 601. The molecule has 6 heteroatoms. The Morgan fingerprint density at radius 3 is 2.74 bits per heavy atom. The van der Waals surface area contributed by atoms with E-state index in [0.29, 0.717) is 17.5 Å². The van der Waals surface area contributed by atoms with Gasteiger partial charge in [0.15, 0.2) is 5.82 Å². The number of hydrogen-bond donors (Lipinski definition) is 2. The fraction of sp³-hybridized carbons (Fsp3) is 0.231. The summed E-state index contributed by atoms with van der Waals surface area (Å²) in [5.74, 6) is 0.992. The first kappa shape index (κ1) is 13.5. The third-order valence-corrected chi connectivity index (χ3v) is 2.79. The number of anilines is 3. The predicted octanol–water partition coefficient (Wildman–Crippen LogP) is 3.72. The van der Waals surface area contributed by atoms with Crippen molar-refractivity contribution in [2.24, 2.45) is 0 Å². The van der Waals surface area contributed by atoms with Gasteiger partial charge in [-0.1, -0.05) is 31.5 Å². The molecule has 0 amide bonds. The van der Waals surface area contributed by atoms with Crippen molar-refractivity contribution in [3.63, 3.8) is 0 Å². The number of nitrogen functional groups attached to an aromatic ring is 1. The summed E-state index contributed by atoms with van der Waals surface area (Å²) in [6.45, 7) is 3.91. The van der Waals surface area contributed by atoms with E-state index < -0.39 is 5.82 Å². The first-order valence-electron chi connectivity index (χ1n) is 5.83. The first-order chi connectivity index (χ1) is 8.97. The molecule has 0 spiro atoms. The summed E-state index contributed by atoms with van der Waals surface area (Å²) in [7, 11) is 0. The molecule has 1 heterocycles. The topological polar surface area (TPSA) is 63.8 Å². The molecular formula is C13H14ClFN4. The van der Waals surface area contributed by atoms with Gasteiger partial charge in [0.05, 0.1) is 10.7 Å². The van der Waals surface area contributed by atoms with Crippen LogP contribution >= 0.6 is 11.6 Å². The lowest BCUT2D eigenvalue weighted by Gasteiger charge is -2.11. The predicted molar refractivity (Wildman–Crippen MR) is 75.2 cm³/mol. The van der Waals surface area contributed by atoms with E-state index in [9.17, 15) is 4.39 Å². The SMILES string of the molecule is CC(C)c1nc(N)cc(Nc2cccc(Cl)c2F)n1. The van der Waals surface area contributed by atoms with Crippen molar-refractivity contribution in [2.75, 3.05) is 11.1 Å². The highest BCUT2D eigenvalue weighted by Crippen LogP contribution is 2.25. The van der Waals surface area contributed by atoms with Crippen LogP contribution in [0.1, 0.15) is 25.6 Å². The number of nitrogens with zero attached hydrogens (tertiary/aromatic N) is 2. The van der Waals surface area contributed by atoms with Gasteiger partial charge in [0.2, 0.25) is 0 Å². The molecule has 3 N–H and O–H groups in total. The van der Waals surface area contributed by atoms with Crippen molar-refractivity contribution in [2.45, 2.75) is 19.8 Å². The number of aromatic nitrogens is 2. The van der Waals surface area contributed by atoms with Gasteiger partial charge in [0, 0.05) is 12.0 Å². The van der Waals surface area contributed by atoms with Crippen molar-refractivity contribution < 1.29 is 4.39 Å². The van der Waals surface area contributed by atoms with Crippen molar-refractivity contribution in [1.29, 1.82) is 0 Å². The second-order valence-electron chi connectivity index (χ2n) is 4.42. The maximum atomic E-state index is 13.8. The number of halogens is 2. The molecule has 100 valence electrons. The van der Waals surface area contributed by atoms with Crippen LogP contribution in [-0.4, -0.2) is 9.97 Å². The summed E-state index contributed by atoms with van der Waals surface area (Å²) in [5.41, 5.74) is 5.96. The third kappa shape index (κ3) is 3.12. The number of nitrogens with one attached hydrogen (secondary N) is 1. The van der Waals surface area contributed by atoms with E-state index in [1.54, 1.807) is 18.2 Å². The zero-order chi connectivity index (χ0) is 14.0. The van der Waals surface area contributed by atoms with Crippen molar-refractivity contribution in [3.05, 3.63) is 40.9 Å². The standard InChI is InChI=1S/C13H14ClFN4/c1-7(2)13-18-10(16)6-11(19-13)17-9-5-3-4-8(14)12(9)15/h3-7H,1-2H3,(H3,16,17,18,19). The summed E-state index contributed by atoms with van der Waals surface area (Å²) >= 11 is 5.72. The molecule has 0 aliphatic heterocycles. The lowest BCUT2D eigenvalue weighted by atomic mass is 10.2. The Labute approximate surface area is 115 Å². The summed E-state index contributed by atoms with van der Waals surface area (Å²) in [6.07, 6.45) is 0. The fourth-order valence-corrected chi connectivity index (χ4v) is 1.72. The largest absolute Gasteiger partial charge is 0.384 e. The van der Waals surface area contributed by atoms with Gasteiger partial charge in [0.1, 0.15) is 17.5 Å². The molecule has 0 aliphatic rings. The van der Waals surface area contributed by atoms with E-state index in [0.717, 1.165) is 0 Å². The van der Waals surface area contributed by atoms with E-state index in [1.165, 1.54) is 6.07 Å². The Kier molecular flexibility index (Phi) is 3.85. The minimum Gasteiger partial charge on any atom is -0.384 e.